The Morgan fingerprint density at radius 1 is 1.50 bits per heavy atom. The second-order valence-corrected chi connectivity index (χ2v) is 5.59. The van der Waals surface area contributed by atoms with Crippen LogP contribution in [0.3, 0.4) is 0 Å². The third-order valence-corrected chi connectivity index (χ3v) is 4.15. The van der Waals surface area contributed by atoms with Gasteiger partial charge in [0.1, 0.15) is 29.1 Å². The summed E-state index contributed by atoms with van der Waals surface area (Å²) in [5.74, 6) is 0.0445. The molecule has 0 amide bonds. The molecule has 1 saturated heterocycles. The van der Waals surface area contributed by atoms with Crippen molar-refractivity contribution in [3.05, 3.63) is 16.9 Å². The molecule has 3 heterocycles. The van der Waals surface area contributed by atoms with Crippen LogP contribution in [-0.4, -0.2) is 56.8 Å². The number of hydrogen-bond acceptors (Lipinski definition) is 7. The smallest absolute Gasteiger partial charge is 0.223 e. The molecular weight excluding hydrogens is 312 g/mol. The molecular formula is C13H17ClN4O4. The van der Waals surface area contributed by atoms with Crippen LogP contribution in [0.5, 0.6) is 0 Å². The van der Waals surface area contributed by atoms with Gasteiger partial charge in [0.2, 0.25) is 5.95 Å². The summed E-state index contributed by atoms with van der Waals surface area (Å²) in [5, 5.41) is 20.4. The SMILES string of the molecule is COC1C(O)C(CO)OC1n1cc(C)c2c(Cl)nc(N)nc21. The second kappa shape index (κ2) is 5.64. The maximum atomic E-state index is 10.2. The number of methoxy groups -OCH3 is 1. The highest BCUT2D eigenvalue weighted by atomic mass is 35.5. The van der Waals surface area contributed by atoms with E-state index < -0.39 is 24.5 Å². The highest BCUT2D eigenvalue weighted by Gasteiger charge is 2.45. The molecule has 1 aliphatic rings. The third kappa shape index (κ3) is 2.24. The molecule has 4 atom stereocenters. The first-order valence-corrected chi connectivity index (χ1v) is 7.13. The standard InChI is InChI=1S/C13H17ClN4O4/c1-5-3-18(11-7(5)10(14)16-13(15)17-11)12-9(21-2)8(20)6(4-19)22-12/h3,6,8-9,12,19-20H,4H2,1-2H3,(H2,15,16,17). The number of nitrogens with zero attached hydrogens (tertiary/aromatic N) is 3. The van der Waals surface area contributed by atoms with E-state index in [4.69, 9.17) is 26.8 Å². The lowest BCUT2D eigenvalue weighted by molar-refractivity contribution is -0.0580. The van der Waals surface area contributed by atoms with Crippen molar-refractivity contribution in [3.63, 3.8) is 0 Å². The Kier molecular flexibility index (Phi) is 3.96. The normalized spacial score (nSPS) is 28.6. The Morgan fingerprint density at radius 3 is 2.86 bits per heavy atom. The summed E-state index contributed by atoms with van der Waals surface area (Å²) in [6.45, 7) is 1.55. The minimum absolute atomic E-state index is 0.0445. The fourth-order valence-electron chi connectivity index (χ4n) is 2.84. The molecule has 0 saturated carbocycles. The van der Waals surface area contributed by atoms with Crippen LogP contribution in [-0.2, 0) is 9.47 Å². The van der Waals surface area contributed by atoms with Gasteiger partial charge in [-0.2, -0.15) is 4.98 Å². The summed E-state index contributed by atoms with van der Waals surface area (Å²) in [7, 11) is 1.47. The molecule has 0 aromatic carbocycles. The fourth-order valence-corrected chi connectivity index (χ4v) is 3.16. The summed E-state index contributed by atoms with van der Waals surface area (Å²) in [6, 6.07) is 0. The van der Waals surface area contributed by atoms with Crippen molar-refractivity contribution < 1.29 is 19.7 Å². The van der Waals surface area contributed by atoms with E-state index in [1.54, 1.807) is 10.8 Å². The van der Waals surface area contributed by atoms with Gasteiger partial charge in [0, 0.05) is 13.3 Å². The van der Waals surface area contributed by atoms with E-state index in [9.17, 15) is 10.2 Å². The molecule has 0 aliphatic carbocycles. The number of aliphatic hydroxyl groups excluding tert-OH is 2. The van der Waals surface area contributed by atoms with Gasteiger partial charge in [-0.3, -0.25) is 0 Å². The Morgan fingerprint density at radius 2 is 2.23 bits per heavy atom. The zero-order valence-electron chi connectivity index (χ0n) is 12.1. The Bertz CT molecular complexity index is 707. The number of fused-ring (bicyclic) bond motifs is 1. The van der Waals surface area contributed by atoms with Gasteiger partial charge < -0.3 is 30.0 Å². The fraction of sp³-hybridized carbons (Fsp3) is 0.538. The van der Waals surface area contributed by atoms with Crippen LogP contribution in [0, 0.1) is 6.92 Å². The largest absolute Gasteiger partial charge is 0.394 e. The Hall–Kier alpha value is -1.45. The topological polar surface area (TPSA) is 116 Å². The zero-order valence-corrected chi connectivity index (χ0v) is 12.9. The van der Waals surface area contributed by atoms with E-state index in [2.05, 4.69) is 9.97 Å². The van der Waals surface area contributed by atoms with E-state index in [0.717, 1.165) is 5.56 Å². The molecule has 22 heavy (non-hydrogen) atoms. The van der Waals surface area contributed by atoms with Crippen molar-refractivity contribution in [2.24, 2.45) is 0 Å². The number of aromatic nitrogens is 3. The van der Waals surface area contributed by atoms with Crippen LogP contribution in [0.2, 0.25) is 5.15 Å². The number of nitrogens with two attached hydrogens (primary N) is 1. The van der Waals surface area contributed by atoms with E-state index in [1.807, 2.05) is 6.92 Å². The summed E-state index contributed by atoms with van der Waals surface area (Å²) < 4.78 is 12.7. The Labute approximate surface area is 131 Å². The van der Waals surface area contributed by atoms with E-state index in [1.165, 1.54) is 7.11 Å². The summed E-state index contributed by atoms with van der Waals surface area (Å²) in [4.78, 5) is 8.16. The number of aryl methyl sites for hydroxylation is 1. The van der Waals surface area contributed by atoms with Crippen LogP contribution in [0.15, 0.2) is 6.20 Å². The minimum Gasteiger partial charge on any atom is -0.394 e. The summed E-state index contributed by atoms with van der Waals surface area (Å²) >= 11 is 6.14. The second-order valence-electron chi connectivity index (χ2n) is 5.23. The lowest BCUT2D eigenvalue weighted by Gasteiger charge is -2.20. The lowest BCUT2D eigenvalue weighted by Crippen LogP contribution is -2.34. The van der Waals surface area contributed by atoms with Gasteiger partial charge in [-0.1, -0.05) is 11.6 Å². The van der Waals surface area contributed by atoms with Crippen LogP contribution in [0.1, 0.15) is 11.8 Å². The summed E-state index contributed by atoms with van der Waals surface area (Å²) in [6.07, 6.45) is -1.20. The number of nitrogen functional groups attached to an aromatic ring is 1. The molecule has 4 unspecified atom stereocenters. The van der Waals surface area contributed by atoms with Gasteiger partial charge in [0.25, 0.3) is 0 Å². The lowest BCUT2D eigenvalue weighted by atomic mass is 10.1. The van der Waals surface area contributed by atoms with Gasteiger partial charge in [-0.05, 0) is 12.5 Å². The minimum atomic E-state index is -0.951. The molecule has 4 N–H and O–H groups in total. The van der Waals surface area contributed by atoms with Crippen LogP contribution in [0.4, 0.5) is 5.95 Å². The highest BCUT2D eigenvalue weighted by Crippen LogP contribution is 2.36. The van der Waals surface area contributed by atoms with Gasteiger partial charge in [0.05, 0.1) is 12.0 Å². The van der Waals surface area contributed by atoms with E-state index in [-0.39, 0.29) is 17.7 Å². The van der Waals surface area contributed by atoms with Crippen molar-refractivity contribution >= 4 is 28.6 Å². The average Bonchev–Trinajstić information content (AvgIpc) is 2.96. The average molecular weight is 329 g/mol. The molecule has 1 aliphatic heterocycles. The zero-order chi connectivity index (χ0) is 16.0. The number of halogens is 1. The first-order chi connectivity index (χ1) is 10.5. The quantitative estimate of drug-likeness (QED) is 0.691. The van der Waals surface area contributed by atoms with Gasteiger partial charge in [0.15, 0.2) is 6.23 Å². The molecule has 2 aromatic heterocycles. The molecule has 1 fully saturated rings. The first-order valence-electron chi connectivity index (χ1n) is 6.75. The molecule has 120 valence electrons. The third-order valence-electron chi connectivity index (χ3n) is 3.87. The van der Waals surface area contributed by atoms with Crippen LogP contribution < -0.4 is 5.73 Å². The van der Waals surface area contributed by atoms with Crippen LogP contribution in [0.25, 0.3) is 11.0 Å². The first kappa shape index (κ1) is 15.4. The molecule has 9 heteroatoms. The number of aliphatic hydroxyl groups is 2. The van der Waals surface area contributed by atoms with Crippen molar-refractivity contribution in [2.45, 2.75) is 31.5 Å². The maximum Gasteiger partial charge on any atom is 0.223 e. The van der Waals surface area contributed by atoms with Gasteiger partial charge in [-0.25, -0.2) is 4.98 Å². The number of hydrogen-bond donors (Lipinski definition) is 3. The number of rotatable bonds is 3. The molecule has 0 radical (unpaired) electrons. The van der Waals surface area contributed by atoms with Crippen molar-refractivity contribution in [2.75, 3.05) is 19.5 Å². The van der Waals surface area contributed by atoms with Crippen molar-refractivity contribution in [3.8, 4) is 0 Å². The van der Waals surface area contributed by atoms with Crippen LogP contribution >= 0.6 is 11.6 Å². The number of anilines is 1. The van der Waals surface area contributed by atoms with E-state index in [0.29, 0.717) is 11.0 Å². The predicted octanol–water partition coefficient (Wildman–Crippen LogP) is 0.241. The maximum absolute atomic E-state index is 10.2. The Balaban J connectivity index is 2.14. The summed E-state index contributed by atoms with van der Waals surface area (Å²) in [5.41, 5.74) is 7.01. The molecule has 2 aromatic rings. The number of ether oxygens (including phenoxy) is 2. The van der Waals surface area contributed by atoms with Gasteiger partial charge >= 0.3 is 0 Å². The molecule has 0 spiro atoms. The van der Waals surface area contributed by atoms with E-state index >= 15 is 0 Å². The van der Waals surface area contributed by atoms with Gasteiger partial charge in [-0.15, -0.1) is 0 Å². The van der Waals surface area contributed by atoms with Crippen molar-refractivity contribution in [1.29, 1.82) is 0 Å². The van der Waals surface area contributed by atoms with Crippen molar-refractivity contribution in [1.82, 2.24) is 14.5 Å². The molecule has 8 nitrogen and oxygen atoms in total. The highest BCUT2D eigenvalue weighted by molar-refractivity contribution is 6.34. The monoisotopic (exact) mass is 328 g/mol. The molecule has 3 rings (SSSR count). The molecule has 0 bridgehead atoms. The predicted molar refractivity (Wildman–Crippen MR) is 79.5 cm³/mol.